The molecule has 6 nitrogen and oxygen atoms in total. The third-order valence-corrected chi connectivity index (χ3v) is 3.10. The number of fused-ring (bicyclic) bond motifs is 1. The maximum Gasteiger partial charge on any atom is 0.339 e. The number of hydrogen-bond acceptors (Lipinski definition) is 4. The summed E-state index contributed by atoms with van der Waals surface area (Å²) in [5, 5.41) is 9.11. The number of hydrogen-bond donors (Lipinski definition) is 2. The van der Waals surface area contributed by atoms with Crippen LogP contribution < -0.4 is 15.4 Å². The minimum atomic E-state index is -1.08. The smallest absolute Gasteiger partial charge is 0.339 e. The average molecular weight is 264 g/mol. The zero-order valence-corrected chi connectivity index (χ0v) is 10.6. The second-order valence-corrected chi connectivity index (χ2v) is 4.31. The number of carboxylic acid groups (broad SMARTS) is 1. The van der Waals surface area contributed by atoms with Crippen LogP contribution in [0.1, 0.15) is 23.7 Å². The van der Waals surface area contributed by atoms with Crippen LogP contribution in [-0.4, -0.2) is 36.2 Å². The molecule has 0 bridgehead atoms. The Kier molecular flexibility index (Phi) is 3.71. The number of nitrogens with two attached hydrogens (primary N) is 1. The summed E-state index contributed by atoms with van der Waals surface area (Å²) >= 11 is 0. The molecule has 1 heterocycles. The maximum atomic E-state index is 12.2. The number of para-hydroxylation sites is 1. The normalized spacial score (nSPS) is 15.4. The molecule has 0 spiro atoms. The van der Waals surface area contributed by atoms with Gasteiger partial charge in [0.05, 0.1) is 18.3 Å². The molecule has 1 atom stereocenters. The van der Waals surface area contributed by atoms with Gasteiger partial charge in [0, 0.05) is 0 Å². The zero-order chi connectivity index (χ0) is 14.0. The lowest BCUT2D eigenvalue weighted by molar-refractivity contribution is -0.120. The number of aromatic carboxylic acids is 1. The maximum absolute atomic E-state index is 12.2. The highest BCUT2D eigenvalue weighted by Gasteiger charge is 2.29. The highest BCUT2D eigenvalue weighted by Crippen LogP contribution is 2.35. The second-order valence-electron chi connectivity index (χ2n) is 4.31. The molecule has 2 rings (SSSR count). The summed E-state index contributed by atoms with van der Waals surface area (Å²) in [5.74, 6) is -1.06. The monoisotopic (exact) mass is 264 g/mol. The minimum absolute atomic E-state index is 0.0556. The van der Waals surface area contributed by atoms with Crippen LogP contribution in [0.4, 0.5) is 5.69 Å². The number of carbonyl (C=O) groups excluding carboxylic acids is 1. The van der Waals surface area contributed by atoms with Crippen LogP contribution >= 0.6 is 0 Å². The summed E-state index contributed by atoms with van der Waals surface area (Å²) < 4.78 is 5.39. The van der Waals surface area contributed by atoms with E-state index in [4.69, 9.17) is 15.6 Å². The van der Waals surface area contributed by atoms with E-state index in [2.05, 4.69) is 0 Å². The first-order valence-electron chi connectivity index (χ1n) is 6.12. The van der Waals surface area contributed by atoms with Gasteiger partial charge in [-0.25, -0.2) is 4.79 Å². The SMILES string of the molecule is CC[C@@H](N)C(=O)N1CCOc2c(C(=O)O)cccc21. The highest BCUT2D eigenvalue weighted by molar-refractivity contribution is 6.01. The molecule has 102 valence electrons. The Morgan fingerprint density at radius 3 is 2.89 bits per heavy atom. The molecule has 1 aliphatic heterocycles. The molecule has 0 aliphatic carbocycles. The number of carbonyl (C=O) groups is 2. The third-order valence-electron chi connectivity index (χ3n) is 3.10. The molecule has 1 aromatic rings. The predicted octanol–water partition coefficient (Wildman–Crippen LogP) is 0.847. The molecule has 19 heavy (non-hydrogen) atoms. The molecule has 0 saturated heterocycles. The fraction of sp³-hybridized carbons (Fsp3) is 0.385. The molecule has 0 aromatic heterocycles. The van der Waals surface area contributed by atoms with Crippen LogP contribution in [0.2, 0.25) is 0 Å². The van der Waals surface area contributed by atoms with E-state index in [1.807, 2.05) is 6.92 Å². The molecule has 6 heteroatoms. The molecule has 0 unspecified atom stereocenters. The van der Waals surface area contributed by atoms with Crippen molar-refractivity contribution in [2.24, 2.45) is 5.73 Å². The number of ether oxygens (including phenoxy) is 1. The van der Waals surface area contributed by atoms with Crippen molar-refractivity contribution in [2.45, 2.75) is 19.4 Å². The molecule has 1 aromatic carbocycles. The van der Waals surface area contributed by atoms with E-state index in [1.165, 1.54) is 11.0 Å². The van der Waals surface area contributed by atoms with E-state index in [1.54, 1.807) is 12.1 Å². The highest BCUT2D eigenvalue weighted by atomic mass is 16.5. The van der Waals surface area contributed by atoms with E-state index >= 15 is 0 Å². The summed E-state index contributed by atoms with van der Waals surface area (Å²) in [6.07, 6.45) is 0.532. The van der Waals surface area contributed by atoms with Gasteiger partial charge in [-0.3, -0.25) is 4.79 Å². The van der Waals surface area contributed by atoms with Gasteiger partial charge in [0.25, 0.3) is 0 Å². The van der Waals surface area contributed by atoms with Crippen molar-refractivity contribution >= 4 is 17.6 Å². The standard InChI is InChI=1S/C13H16N2O4/c1-2-9(14)12(16)15-6-7-19-11-8(13(17)18)4-3-5-10(11)15/h3-5,9H,2,6-7,14H2,1H3,(H,17,18)/t9-/m1/s1. The molecule has 0 fully saturated rings. The van der Waals surface area contributed by atoms with Crippen LogP contribution in [0.5, 0.6) is 5.75 Å². The van der Waals surface area contributed by atoms with Gasteiger partial charge < -0.3 is 20.5 Å². The van der Waals surface area contributed by atoms with Crippen molar-refractivity contribution in [2.75, 3.05) is 18.1 Å². The van der Waals surface area contributed by atoms with Crippen molar-refractivity contribution in [1.29, 1.82) is 0 Å². The summed E-state index contributed by atoms with van der Waals surface area (Å²) in [6.45, 7) is 2.47. The lowest BCUT2D eigenvalue weighted by Crippen LogP contribution is -2.47. The van der Waals surface area contributed by atoms with Crippen molar-refractivity contribution in [3.63, 3.8) is 0 Å². The number of carboxylic acids is 1. The first-order chi connectivity index (χ1) is 9.06. The molecule has 1 aliphatic rings. The number of benzene rings is 1. The number of amides is 1. The summed E-state index contributed by atoms with van der Waals surface area (Å²) in [4.78, 5) is 24.8. The Bertz CT molecular complexity index is 515. The van der Waals surface area contributed by atoms with Gasteiger partial charge in [-0.1, -0.05) is 13.0 Å². The van der Waals surface area contributed by atoms with Crippen LogP contribution in [-0.2, 0) is 4.79 Å². The Morgan fingerprint density at radius 2 is 2.26 bits per heavy atom. The van der Waals surface area contributed by atoms with Gasteiger partial charge in [0.2, 0.25) is 5.91 Å². The van der Waals surface area contributed by atoms with Crippen LogP contribution in [0.15, 0.2) is 18.2 Å². The Balaban J connectivity index is 2.43. The zero-order valence-electron chi connectivity index (χ0n) is 10.6. The van der Waals surface area contributed by atoms with E-state index in [0.29, 0.717) is 18.7 Å². The Hall–Kier alpha value is -2.08. The number of nitrogens with zero attached hydrogens (tertiary/aromatic N) is 1. The van der Waals surface area contributed by atoms with Gasteiger partial charge in [0.15, 0.2) is 5.75 Å². The van der Waals surface area contributed by atoms with Crippen molar-refractivity contribution in [1.82, 2.24) is 0 Å². The fourth-order valence-corrected chi connectivity index (χ4v) is 2.02. The van der Waals surface area contributed by atoms with Gasteiger partial charge in [0.1, 0.15) is 12.2 Å². The van der Waals surface area contributed by atoms with Crippen LogP contribution in [0.25, 0.3) is 0 Å². The first kappa shape index (κ1) is 13.4. The van der Waals surface area contributed by atoms with E-state index in [9.17, 15) is 9.59 Å². The topological polar surface area (TPSA) is 92.9 Å². The lowest BCUT2D eigenvalue weighted by atomic mass is 10.1. The predicted molar refractivity (Wildman–Crippen MR) is 69.5 cm³/mol. The van der Waals surface area contributed by atoms with Gasteiger partial charge in [-0.2, -0.15) is 0 Å². The Morgan fingerprint density at radius 1 is 1.53 bits per heavy atom. The van der Waals surface area contributed by atoms with Crippen molar-refractivity contribution in [3.8, 4) is 5.75 Å². The van der Waals surface area contributed by atoms with Crippen molar-refractivity contribution < 1.29 is 19.4 Å². The molecule has 3 N–H and O–H groups in total. The first-order valence-corrected chi connectivity index (χ1v) is 6.12. The summed E-state index contributed by atoms with van der Waals surface area (Å²) in [7, 11) is 0. The molecular weight excluding hydrogens is 248 g/mol. The molecular formula is C13H16N2O4. The molecule has 0 saturated carbocycles. The summed E-state index contributed by atoms with van der Waals surface area (Å²) in [5.41, 5.74) is 6.28. The molecule has 0 radical (unpaired) electrons. The van der Waals surface area contributed by atoms with Crippen LogP contribution in [0.3, 0.4) is 0 Å². The third kappa shape index (κ3) is 2.39. The largest absolute Gasteiger partial charge is 0.489 e. The van der Waals surface area contributed by atoms with Gasteiger partial charge in [-0.15, -0.1) is 0 Å². The quantitative estimate of drug-likeness (QED) is 0.844. The van der Waals surface area contributed by atoms with E-state index in [-0.39, 0.29) is 23.8 Å². The van der Waals surface area contributed by atoms with Crippen LogP contribution in [0, 0.1) is 0 Å². The summed E-state index contributed by atoms with van der Waals surface area (Å²) in [6, 6.07) is 4.13. The Labute approximate surface area is 110 Å². The number of anilines is 1. The lowest BCUT2D eigenvalue weighted by Gasteiger charge is -2.31. The average Bonchev–Trinajstić information content (AvgIpc) is 2.44. The molecule has 1 amide bonds. The van der Waals surface area contributed by atoms with E-state index in [0.717, 1.165) is 0 Å². The second kappa shape index (κ2) is 5.27. The van der Waals surface area contributed by atoms with Gasteiger partial charge in [-0.05, 0) is 18.6 Å². The van der Waals surface area contributed by atoms with Crippen molar-refractivity contribution in [3.05, 3.63) is 23.8 Å². The van der Waals surface area contributed by atoms with E-state index < -0.39 is 12.0 Å². The fourth-order valence-electron chi connectivity index (χ4n) is 2.02. The van der Waals surface area contributed by atoms with Gasteiger partial charge >= 0.3 is 5.97 Å². The number of rotatable bonds is 3. The minimum Gasteiger partial charge on any atom is -0.489 e.